The minimum Gasteiger partial charge on any atom is -0.336 e. The molecule has 3 aromatic carbocycles. The first kappa shape index (κ1) is 19.8. The van der Waals surface area contributed by atoms with Gasteiger partial charge < -0.3 is 4.57 Å². The number of urea groups is 1. The lowest BCUT2D eigenvalue weighted by Crippen LogP contribution is -2.53. The van der Waals surface area contributed by atoms with Gasteiger partial charge in [0, 0.05) is 36.8 Å². The molecule has 4 amide bonds. The van der Waals surface area contributed by atoms with Gasteiger partial charge in [-0.05, 0) is 29.2 Å². The molecule has 4 aromatic rings. The first-order valence-corrected chi connectivity index (χ1v) is 10.3. The summed E-state index contributed by atoms with van der Waals surface area (Å²) < 4.78 is 2.19. The molecular formula is C26H21N3O3. The SMILES string of the molecule is CN1C(=O)C(=C/C=c2\c3cccc4cccc(c43)n2Cc2ccccc2)C(=O)N(C)C1=O. The quantitative estimate of drug-likeness (QED) is 0.375. The number of aromatic nitrogens is 1. The predicted octanol–water partition coefficient (Wildman–Crippen LogP) is 3.32. The summed E-state index contributed by atoms with van der Waals surface area (Å²) in [5.41, 5.74) is 2.19. The second-order valence-electron chi connectivity index (χ2n) is 7.90. The van der Waals surface area contributed by atoms with Crippen molar-refractivity contribution in [3.63, 3.8) is 0 Å². The first-order valence-electron chi connectivity index (χ1n) is 10.3. The monoisotopic (exact) mass is 423 g/mol. The van der Waals surface area contributed by atoms with Crippen molar-refractivity contribution < 1.29 is 14.4 Å². The Kier molecular flexibility index (Phi) is 4.63. The standard InChI is InChI=1S/C26H21N3O3/c1-27-24(30)20(25(31)28(2)26(27)32)14-15-21-19-12-6-10-18-11-7-13-22(23(18)19)29(21)16-17-8-4-3-5-9-17/h3-15H,16H2,1-2H3/b21-15+. The number of carbonyl (C=O) groups excluding carboxylic acids is 3. The molecule has 0 bridgehead atoms. The van der Waals surface area contributed by atoms with Gasteiger partial charge in [-0.1, -0.05) is 60.7 Å². The Labute approximate surface area is 184 Å². The summed E-state index contributed by atoms with van der Waals surface area (Å²) in [5, 5.41) is 4.21. The third-order valence-electron chi connectivity index (χ3n) is 5.98. The molecule has 0 spiro atoms. The summed E-state index contributed by atoms with van der Waals surface area (Å²) >= 11 is 0. The van der Waals surface area contributed by atoms with E-state index in [2.05, 4.69) is 34.9 Å². The van der Waals surface area contributed by atoms with E-state index in [1.54, 1.807) is 6.08 Å². The van der Waals surface area contributed by atoms with Crippen LogP contribution >= 0.6 is 0 Å². The summed E-state index contributed by atoms with van der Waals surface area (Å²) in [6.45, 7) is 0.643. The molecule has 6 heteroatoms. The maximum atomic E-state index is 12.6. The van der Waals surface area contributed by atoms with E-state index in [9.17, 15) is 14.4 Å². The highest BCUT2D eigenvalue weighted by Gasteiger charge is 2.37. The number of imide groups is 2. The van der Waals surface area contributed by atoms with Crippen LogP contribution in [0, 0.1) is 0 Å². The molecule has 5 rings (SSSR count). The van der Waals surface area contributed by atoms with E-state index >= 15 is 0 Å². The normalized spacial score (nSPS) is 15.5. The van der Waals surface area contributed by atoms with Crippen LogP contribution in [-0.4, -0.2) is 46.3 Å². The number of carbonyl (C=O) groups is 3. The largest absolute Gasteiger partial charge is 0.336 e. The van der Waals surface area contributed by atoms with E-state index in [4.69, 9.17) is 0 Å². The maximum Gasteiger partial charge on any atom is 0.333 e. The van der Waals surface area contributed by atoms with Crippen molar-refractivity contribution in [3.8, 4) is 0 Å². The lowest BCUT2D eigenvalue weighted by Gasteiger charge is -2.28. The fourth-order valence-corrected chi connectivity index (χ4v) is 4.31. The second-order valence-corrected chi connectivity index (χ2v) is 7.90. The fourth-order valence-electron chi connectivity index (χ4n) is 4.31. The van der Waals surface area contributed by atoms with Crippen LogP contribution in [0.1, 0.15) is 5.56 Å². The Morgan fingerprint density at radius 2 is 1.41 bits per heavy atom. The van der Waals surface area contributed by atoms with Crippen LogP contribution in [0.4, 0.5) is 4.79 Å². The zero-order chi connectivity index (χ0) is 22.4. The molecule has 32 heavy (non-hydrogen) atoms. The lowest BCUT2D eigenvalue weighted by atomic mass is 10.1. The summed E-state index contributed by atoms with van der Waals surface area (Å²) in [4.78, 5) is 39.2. The van der Waals surface area contributed by atoms with Crippen molar-refractivity contribution in [1.82, 2.24) is 14.4 Å². The first-order chi connectivity index (χ1) is 15.5. The molecule has 0 radical (unpaired) electrons. The number of barbiturate groups is 1. The minimum atomic E-state index is -0.631. The van der Waals surface area contributed by atoms with Crippen LogP contribution in [0.25, 0.3) is 27.8 Å². The van der Waals surface area contributed by atoms with Gasteiger partial charge in [-0.2, -0.15) is 0 Å². The van der Waals surface area contributed by atoms with E-state index in [-0.39, 0.29) is 5.57 Å². The van der Waals surface area contributed by atoms with Gasteiger partial charge in [-0.25, -0.2) is 4.79 Å². The number of rotatable bonds is 3. The molecular weight excluding hydrogens is 402 g/mol. The van der Waals surface area contributed by atoms with Crippen LogP contribution in [0.3, 0.4) is 0 Å². The van der Waals surface area contributed by atoms with Crippen molar-refractivity contribution >= 4 is 45.6 Å². The molecule has 2 heterocycles. The van der Waals surface area contributed by atoms with Gasteiger partial charge in [-0.3, -0.25) is 19.4 Å². The molecule has 0 unspecified atom stereocenters. The highest BCUT2D eigenvalue weighted by molar-refractivity contribution is 6.29. The molecule has 0 saturated carbocycles. The van der Waals surface area contributed by atoms with Gasteiger partial charge in [-0.15, -0.1) is 0 Å². The number of hydrogen-bond acceptors (Lipinski definition) is 3. The Hall–Kier alpha value is -4.19. The number of likely N-dealkylation sites (N-methyl/N-ethyl adjacent to an activating group) is 2. The van der Waals surface area contributed by atoms with Crippen molar-refractivity contribution in [2.75, 3.05) is 14.1 Å². The minimum absolute atomic E-state index is 0.0371. The number of benzene rings is 3. The van der Waals surface area contributed by atoms with Crippen molar-refractivity contribution in [2.24, 2.45) is 0 Å². The average molecular weight is 423 g/mol. The van der Waals surface area contributed by atoms with Gasteiger partial charge in [0.05, 0.1) is 5.52 Å². The van der Waals surface area contributed by atoms with E-state index in [0.717, 1.165) is 42.4 Å². The predicted molar refractivity (Wildman–Crippen MR) is 124 cm³/mol. The van der Waals surface area contributed by atoms with Gasteiger partial charge in [0.25, 0.3) is 11.8 Å². The third-order valence-corrected chi connectivity index (χ3v) is 5.98. The molecule has 0 aliphatic carbocycles. The van der Waals surface area contributed by atoms with Crippen LogP contribution < -0.4 is 5.35 Å². The van der Waals surface area contributed by atoms with Gasteiger partial charge in [0.1, 0.15) is 5.57 Å². The van der Waals surface area contributed by atoms with Crippen molar-refractivity contribution in [1.29, 1.82) is 0 Å². The lowest BCUT2D eigenvalue weighted by molar-refractivity contribution is -0.134. The molecule has 1 aliphatic rings. The average Bonchev–Trinajstić information content (AvgIpc) is 3.11. The van der Waals surface area contributed by atoms with Crippen LogP contribution in [-0.2, 0) is 16.1 Å². The van der Waals surface area contributed by atoms with Gasteiger partial charge in [0.2, 0.25) is 0 Å². The van der Waals surface area contributed by atoms with E-state index in [1.807, 2.05) is 36.4 Å². The topological polar surface area (TPSA) is 62.6 Å². The number of nitrogens with zero attached hydrogens (tertiary/aromatic N) is 3. The van der Waals surface area contributed by atoms with Crippen molar-refractivity contribution in [2.45, 2.75) is 6.54 Å². The van der Waals surface area contributed by atoms with E-state index < -0.39 is 17.8 Å². The van der Waals surface area contributed by atoms with Gasteiger partial charge >= 0.3 is 6.03 Å². The third kappa shape index (κ3) is 3.00. The van der Waals surface area contributed by atoms with Crippen molar-refractivity contribution in [3.05, 3.63) is 89.3 Å². The maximum absolute atomic E-state index is 12.6. The highest BCUT2D eigenvalue weighted by atomic mass is 16.2. The molecule has 6 nitrogen and oxygen atoms in total. The molecule has 1 saturated heterocycles. The van der Waals surface area contributed by atoms with Crippen LogP contribution in [0.5, 0.6) is 0 Å². The Balaban J connectivity index is 1.76. The molecule has 0 N–H and O–H groups in total. The van der Waals surface area contributed by atoms with E-state index in [0.29, 0.717) is 6.54 Å². The van der Waals surface area contributed by atoms with Crippen LogP contribution in [0.15, 0.2) is 78.4 Å². The molecule has 158 valence electrons. The second kappa shape index (κ2) is 7.50. The Morgan fingerprint density at radius 1 is 0.750 bits per heavy atom. The zero-order valence-electron chi connectivity index (χ0n) is 17.8. The summed E-state index contributed by atoms with van der Waals surface area (Å²) in [6.07, 6.45) is 3.34. The Bertz CT molecular complexity index is 1450. The summed E-state index contributed by atoms with van der Waals surface area (Å²) in [7, 11) is 2.75. The highest BCUT2D eigenvalue weighted by Crippen LogP contribution is 2.26. The van der Waals surface area contributed by atoms with E-state index in [1.165, 1.54) is 20.2 Å². The summed E-state index contributed by atoms with van der Waals surface area (Å²) in [6, 6.07) is 21.8. The molecule has 1 fully saturated rings. The zero-order valence-corrected chi connectivity index (χ0v) is 17.8. The molecule has 0 atom stereocenters. The fraction of sp³-hybridized carbons (Fsp3) is 0.115. The van der Waals surface area contributed by atoms with Gasteiger partial charge in [0.15, 0.2) is 0 Å². The number of amides is 4. The Morgan fingerprint density at radius 3 is 2.09 bits per heavy atom. The number of hydrogen-bond donors (Lipinski definition) is 0. The van der Waals surface area contributed by atoms with Crippen LogP contribution in [0.2, 0.25) is 0 Å². The number of allylic oxidation sites excluding steroid dienone is 1. The molecule has 1 aliphatic heterocycles. The molecule has 1 aromatic heterocycles. The smallest absolute Gasteiger partial charge is 0.333 e. The summed E-state index contributed by atoms with van der Waals surface area (Å²) in [5.74, 6) is -1.20.